The van der Waals surface area contributed by atoms with Crippen LogP contribution in [-0.4, -0.2) is 151 Å². The summed E-state index contributed by atoms with van der Waals surface area (Å²) >= 11 is 0. The van der Waals surface area contributed by atoms with Crippen LogP contribution < -0.4 is 10.6 Å². The minimum Gasteiger partial charge on any atom is -0.378 e. The van der Waals surface area contributed by atoms with Crippen LogP contribution >= 0.6 is 0 Å². The van der Waals surface area contributed by atoms with Gasteiger partial charge in [-0.25, -0.2) is 20.0 Å². The van der Waals surface area contributed by atoms with E-state index in [-0.39, 0.29) is 0 Å². The number of hydrogen-bond acceptors (Lipinski definition) is 10. The van der Waals surface area contributed by atoms with Crippen molar-refractivity contribution in [2.75, 3.05) is 131 Å². The van der Waals surface area contributed by atoms with Crippen molar-refractivity contribution in [3.63, 3.8) is 0 Å². The predicted octanol–water partition coefficient (Wildman–Crippen LogP) is -1.30. The Morgan fingerprint density at radius 3 is 1.39 bits per heavy atom. The van der Waals surface area contributed by atoms with Crippen molar-refractivity contribution in [2.45, 2.75) is 6.42 Å². The Bertz CT molecular complexity index is 416. The largest absolute Gasteiger partial charge is 0.378 e. The van der Waals surface area contributed by atoms with Crippen LogP contribution in [0.2, 0.25) is 0 Å². The Labute approximate surface area is 188 Å². The third-order valence-electron chi connectivity index (χ3n) is 5.93. The molecule has 3 saturated heterocycles. The number of rotatable bonds is 2. The molecular formula is C21H44N6O4. The van der Waals surface area contributed by atoms with Gasteiger partial charge < -0.3 is 29.6 Å². The molecule has 3 fully saturated rings. The smallest absolute Gasteiger partial charge is 0.0701 e. The number of hydrogen-bond donors (Lipinski definition) is 2. The van der Waals surface area contributed by atoms with Crippen LogP contribution in [0.5, 0.6) is 0 Å². The molecule has 0 bridgehead atoms. The molecule has 31 heavy (non-hydrogen) atoms. The lowest BCUT2D eigenvalue weighted by molar-refractivity contribution is -0.124. The zero-order valence-corrected chi connectivity index (χ0v) is 19.3. The van der Waals surface area contributed by atoms with Crippen molar-refractivity contribution in [3.05, 3.63) is 0 Å². The standard InChI is InChI=1S/C21H44N6O4/c1-2-22-3-7-24(6-1)25-8-10-26(11-9-25)27-12-16-30-20-18-28-14-4-23-5-15-29-19-21-31-17-13-27/h22-23H,1-21H2. The summed E-state index contributed by atoms with van der Waals surface area (Å²) in [6.45, 7) is 17.6. The molecule has 3 aliphatic heterocycles. The second-order valence-electron chi connectivity index (χ2n) is 8.12. The van der Waals surface area contributed by atoms with Crippen LogP contribution in [0.15, 0.2) is 0 Å². The van der Waals surface area contributed by atoms with Crippen LogP contribution in [0, 0.1) is 0 Å². The molecule has 0 spiro atoms. The highest BCUT2D eigenvalue weighted by Gasteiger charge is 2.25. The maximum absolute atomic E-state index is 5.83. The molecule has 182 valence electrons. The van der Waals surface area contributed by atoms with Gasteiger partial charge in [-0.1, -0.05) is 0 Å². The first-order valence-electron chi connectivity index (χ1n) is 12.2. The number of hydrazine groups is 2. The monoisotopic (exact) mass is 444 g/mol. The van der Waals surface area contributed by atoms with Gasteiger partial charge >= 0.3 is 0 Å². The fourth-order valence-corrected chi connectivity index (χ4v) is 4.16. The van der Waals surface area contributed by atoms with Gasteiger partial charge in [0, 0.05) is 72.0 Å². The summed E-state index contributed by atoms with van der Waals surface area (Å²) in [6, 6.07) is 0. The van der Waals surface area contributed by atoms with Gasteiger partial charge in [0.15, 0.2) is 0 Å². The third kappa shape index (κ3) is 10.4. The molecule has 3 heterocycles. The van der Waals surface area contributed by atoms with Crippen LogP contribution in [0.3, 0.4) is 0 Å². The van der Waals surface area contributed by atoms with E-state index in [1.807, 2.05) is 0 Å². The van der Waals surface area contributed by atoms with Crippen LogP contribution in [0.4, 0.5) is 0 Å². The molecule has 10 heteroatoms. The lowest BCUT2D eigenvalue weighted by Crippen LogP contribution is -2.59. The van der Waals surface area contributed by atoms with E-state index >= 15 is 0 Å². The predicted molar refractivity (Wildman–Crippen MR) is 120 cm³/mol. The van der Waals surface area contributed by atoms with Crippen molar-refractivity contribution in [1.82, 2.24) is 30.7 Å². The molecule has 0 aliphatic carbocycles. The van der Waals surface area contributed by atoms with Crippen molar-refractivity contribution in [1.29, 1.82) is 0 Å². The van der Waals surface area contributed by atoms with Gasteiger partial charge in [-0.15, -0.1) is 0 Å². The SMILES string of the molecule is C1CNCCN(N2CCN(N3CCOCCOCCNCCOCCOCC3)CC2)C1. The van der Waals surface area contributed by atoms with E-state index in [1.165, 1.54) is 13.0 Å². The van der Waals surface area contributed by atoms with E-state index in [0.717, 1.165) is 72.0 Å². The number of piperazine rings is 1. The molecule has 0 radical (unpaired) electrons. The van der Waals surface area contributed by atoms with Gasteiger partial charge in [0.25, 0.3) is 0 Å². The summed E-state index contributed by atoms with van der Waals surface area (Å²) in [7, 11) is 0. The van der Waals surface area contributed by atoms with Crippen LogP contribution in [0.1, 0.15) is 6.42 Å². The number of nitrogens with zero attached hydrogens (tertiary/aromatic N) is 4. The molecule has 0 aromatic heterocycles. The Balaban J connectivity index is 1.41. The van der Waals surface area contributed by atoms with Crippen LogP contribution in [-0.2, 0) is 18.9 Å². The molecule has 0 saturated carbocycles. The Hall–Kier alpha value is -0.400. The zero-order chi connectivity index (χ0) is 21.4. The van der Waals surface area contributed by atoms with Gasteiger partial charge in [0.1, 0.15) is 0 Å². The Morgan fingerprint density at radius 2 is 0.806 bits per heavy atom. The summed E-state index contributed by atoms with van der Waals surface area (Å²) in [4.78, 5) is 0. The minimum absolute atomic E-state index is 0.643. The lowest BCUT2D eigenvalue weighted by Gasteiger charge is -2.44. The molecule has 3 rings (SSSR count). The van der Waals surface area contributed by atoms with Gasteiger partial charge in [0.05, 0.1) is 52.9 Å². The van der Waals surface area contributed by atoms with E-state index in [2.05, 4.69) is 30.7 Å². The van der Waals surface area contributed by atoms with Crippen molar-refractivity contribution in [3.8, 4) is 0 Å². The number of ether oxygens (including phenoxy) is 4. The molecule has 0 aromatic rings. The average molecular weight is 445 g/mol. The molecule has 0 atom stereocenters. The first-order chi connectivity index (χ1) is 15.4. The van der Waals surface area contributed by atoms with Crippen LogP contribution in [0.25, 0.3) is 0 Å². The Kier molecular flexibility index (Phi) is 13.2. The molecule has 10 nitrogen and oxygen atoms in total. The van der Waals surface area contributed by atoms with Crippen molar-refractivity contribution in [2.24, 2.45) is 0 Å². The van der Waals surface area contributed by atoms with E-state index in [0.29, 0.717) is 52.9 Å². The van der Waals surface area contributed by atoms with Gasteiger partial charge in [-0.2, -0.15) is 0 Å². The molecule has 0 unspecified atom stereocenters. The first-order valence-corrected chi connectivity index (χ1v) is 12.2. The number of nitrogens with one attached hydrogen (secondary N) is 2. The second kappa shape index (κ2) is 16.2. The van der Waals surface area contributed by atoms with E-state index in [9.17, 15) is 0 Å². The molecule has 0 amide bonds. The van der Waals surface area contributed by atoms with E-state index < -0.39 is 0 Å². The summed E-state index contributed by atoms with van der Waals surface area (Å²) in [5.74, 6) is 0. The topological polar surface area (TPSA) is 73.9 Å². The molecular weight excluding hydrogens is 400 g/mol. The fourth-order valence-electron chi connectivity index (χ4n) is 4.16. The van der Waals surface area contributed by atoms with Crippen molar-refractivity contribution >= 4 is 0 Å². The molecule has 3 aliphatic rings. The molecule has 0 aromatic carbocycles. The lowest BCUT2D eigenvalue weighted by atomic mass is 10.3. The average Bonchev–Trinajstić information content (AvgIpc) is 3.09. The first kappa shape index (κ1) is 25.2. The maximum Gasteiger partial charge on any atom is 0.0701 e. The maximum atomic E-state index is 5.83. The highest BCUT2D eigenvalue weighted by molar-refractivity contribution is 4.73. The molecule has 2 N–H and O–H groups in total. The normalized spacial score (nSPS) is 27.9. The summed E-state index contributed by atoms with van der Waals surface area (Å²) in [5.41, 5.74) is 0. The third-order valence-corrected chi connectivity index (χ3v) is 5.93. The summed E-state index contributed by atoms with van der Waals surface area (Å²) < 4.78 is 22.9. The van der Waals surface area contributed by atoms with Gasteiger partial charge in [-0.05, 0) is 13.0 Å². The summed E-state index contributed by atoms with van der Waals surface area (Å²) in [5, 5.41) is 16.8. The van der Waals surface area contributed by atoms with E-state index in [1.54, 1.807) is 0 Å². The van der Waals surface area contributed by atoms with Gasteiger partial charge in [-0.3, -0.25) is 0 Å². The van der Waals surface area contributed by atoms with Crippen molar-refractivity contribution < 1.29 is 18.9 Å². The zero-order valence-electron chi connectivity index (χ0n) is 19.3. The fraction of sp³-hybridized carbons (Fsp3) is 1.00. The highest BCUT2D eigenvalue weighted by atomic mass is 16.5. The highest BCUT2D eigenvalue weighted by Crippen LogP contribution is 2.10. The Morgan fingerprint density at radius 1 is 0.355 bits per heavy atom. The van der Waals surface area contributed by atoms with Gasteiger partial charge in [0.2, 0.25) is 0 Å². The summed E-state index contributed by atoms with van der Waals surface area (Å²) in [6.07, 6.45) is 1.23. The van der Waals surface area contributed by atoms with E-state index in [4.69, 9.17) is 18.9 Å². The minimum atomic E-state index is 0.643. The second-order valence-corrected chi connectivity index (χ2v) is 8.12. The quantitative estimate of drug-likeness (QED) is 0.537.